The summed E-state index contributed by atoms with van der Waals surface area (Å²) in [5.41, 5.74) is 0. The zero-order chi connectivity index (χ0) is 23.7. The fourth-order valence-corrected chi connectivity index (χ4v) is 3.85. The fourth-order valence-electron chi connectivity index (χ4n) is 3.40. The van der Waals surface area contributed by atoms with E-state index in [0.717, 1.165) is 50.7 Å². The standard InChI is InChI=1S/C24H45O6PS/c1-2-3-4-11-15-18-24(26)30-22(21-29-31-27)20-28-23(25)17-14-12-9-7-5-6-8-10-13-16-19-32/h22,32H,2-21H2,1H3/t22-/m0/s1. The Labute approximate surface area is 202 Å². The summed E-state index contributed by atoms with van der Waals surface area (Å²) >= 11 is 4.23. The molecule has 0 fully saturated rings. The van der Waals surface area contributed by atoms with Gasteiger partial charge >= 0.3 is 20.6 Å². The van der Waals surface area contributed by atoms with Crippen LogP contribution in [0.4, 0.5) is 0 Å². The minimum atomic E-state index is -0.726. The van der Waals surface area contributed by atoms with Crippen molar-refractivity contribution < 1.29 is 28.2 Å². The number of thiol groups is 1. The number of hydrogen-bond acceptors (Lipinski definition) is 7. The summed E-state index contributed by atoms with van der Waals surface area (Å²) in [5.74, 6) is 0.353. The number of unbranched alkanes of at least 4 members (excludes halogenated alkanes) is 13. The Morgan fingerprint density at radius 2 is 1.22 bits per heavy atom. The third-order valence-corrected chi connectivity index (χ3v) is 5.89. The molecule has 0 amide bonds. The van der Waals surface area contributed by atoms with E-state index in [1.807, 2.05) is 0 Å². The van der Waals surface area contributed by atoms with E-state index in [9.17, 15) is 14.2 Å². The number of ether oxygens (including phenoxy) is 2. The molecule has 0 aromatic heterocycles. The second-order valence-corrected chi connectivity index (χ2v) is 9.19. The quantitative estimate of drug-likeness (QED) is 0.0662. The molecule has 0 spiro atoms. The van der Waals surface area contributed by atoms with Crippen LogP contribution in [-0.4, -0.2) is 37.0 Å². The van der Waals surface area contributed by atoms with Crippen molar-refractivity contribution in [1.82, 2.24) is 0 Å². The summed E-state index contributed by atoms with van der Waals surface area (Å²) in [4.78, 5) is 23.9. The maximum atomic E-state index is 12.0. The Morgan fingerprint density at radius 3 is 1.75 bits per heavy atom. The molecule has 8 heteroatoms. The van der Waals surface area contributed by atoms with Gasteiger partial charge in [-0.05, 0) is 25.0 Å². The highest BCUT2D eigenvalue weighted by Gasteiger charge is 2.17. The van der Waals surface area contributed by atoms with Gasteiger partial charge in [-0.25, -0.2) is 4.57 Å². The molecule has 1 atom stereocenters. The number of rotatable bonds is 24. The summed E-state index contributed by atoms with van der Waals surface area (Å²) in [6, 6.07) is 0. The van der Waals surface area contributed by atoms with Gasteiger partial charge in [-0.1, -0.05) is 84.0 Å². The maximum absolute atomic E-state index is 12.0. The Kier molecular flexibility index (Phi) is 24.5. The summed E-state index contributed by atoms with van der Waals surface area (Å²) in [5, 5.41) is 0. The van der Waals surface area contributed by atoms with Crippen LogP contribution in [0.25, 0.3) is 0 Å². The Hall–Kier alpha value is -0.650. The van der Waals surface area contributed by atoms with Gasteiger partial charge in [0.15, 0.2) is 6.10 Å². The first-order valence-corrected chi connectivity index (χ1v) is 13.9. The lowest BCUT2D eigenvalue weighted by Crippen LogP contribution is -2.28. The topological polar surface area (TPSA) is 78.9 Å². The number of carbonyl (C=O) groups is 2. The highest BCUT2D eigenvalue weighted by atomic mass is 32.1. The minimum absolute atomic E-state index is 0.0610. The van der Waals surface area contributed by atoms with Crippen molar-refractivity contribution >= 4 is 33.3 Å². The monoisotopic (exact) mass is 492 g/mol. The third kappa shape index (κ3) is 22.5. The van der Waals surface area contributed by atoms with Crippen LogP contribution in [0.1, 0.15) is 116 Å². The molecule has 0 aliphatic carbocycles. The SMILES string of the molecule is CCCCCCCC(=O)O[C@H](COP=O)COC(=O)CCCCCCCCCCCCS. The van der Waals surface area contributed by atoms with Crippen molar-refractivity contribution in [3.8, 4) is 0 Å². The predicted molar refractivity (Wildman–Crippen MR) is 132 cm³/mol. The van der Waals surface area contributed by atoms with Crippen LogP contribution in [0.5, 0.6) is 0 Å². The smallest absolute Gasteiger partial charge is 0.327 e. The molecule has 188 valence electrons. The van der Waals surface area contributed by atoms with Crippen LogP contribution < -0.4 is 0 Å². The van der Waals surface area contributed by atoms with Gasteiger partial charge in [-0.3, -0.25) is 14.1 Å². The van der Waals surface area contributed by atoms with Crippen molar-refractivity contribution in [1.29, 1.82) is 0 Å². The van der Waals surface area contributed by atoms with Gasteiger partial charge in [0, 0.05) is 12.8 Å². The molecule has 0 aromatic carbocycles. The van der Waals surface area contributed by atoms with Gasteiger partial charge in [0.1, 0.15) is 13.2 Å². The van der Waals surface area contributed by atoms with Crippen molar-refractivity contribution in [3.05, 3.63) is 0 Å². The molecule has 6 nitrogen and oxygen atoms in total. The fraction of sp³-hybridized carbons (Fsp3) is 0.917. The average molecular weight is 493 g/mol. The van der Waals surface area contributed by atoms with Crippen LogP contribution in [0, 0.1) is 0 Å². The zero-order valence-electron chi connectivity index (χ0n) is 20.1. The maximum Gasteiger partial charge on any atom is 0.327 e. The van der Waals surface area contributed by atoms with Gasteiger partial charge in [0.2, 0.25) is 0 Å². The van der Waals surface area contributed by atoms with E-state index in [-0.39, 0.29) is 25.2 Å². The van der Waals surface area contributed by atoms with E-state index in [1.54, 1.807) is 0 Å². The van der Waals surface area contributed by atoms with Crippen molar-refractivity contribution in [2.45, 2.75) is 122 Å². The second-order valence-electron chi connectivity index (χ2n) is 8.34. The molecule has 0 saturated heterocycles. The number of carbonyl (C=O) groups excluding carboxylic acids is 2. The van der Waals surface area contributed by atoms with Crippen molar-refractivity contribution in [3.63, 3.8) is 0 Å². The Balaban J connectivity index is 3.81. The second kappa shape index (κ2) is 25.0. The molecule has 0 aliphatic heterocycles. The molecule has 0 aromatic rings. The molecule has 0 bridgehead atoms. The Morgan fingerprint density at radius 1 is 0.719 bits per heavy atom. The normalized spacial score (nSPS) is 12.1. The summed E-state index contributed by atoms with van der Waals surface area (Å²) in [7, 11) is -0.488. The van der Waals surface area contributed by atoms with Gasteiger partial charge < -0.3 is 9.47 Å². The molecule has 0 saturated carbocycles. The van der Waals surface area contributed by atoms with Crippen molar-refractivity contribution in [2.24, 2.45) is 0 Å². The van der Waals surface area contributed by atoms with E-state index >= 15 is 0 Å². The number of esters is 2. The molecule has 0 radical (unpaired) electrons. The van der Waals surface area contributed by atoms with E-state index in [0.29, 0.717) is 12.8 Å². The summed E-state index contributed by atoms with van der Waals surface area (Å²) in [6.07, 6.45) is 17.0. The molecule has 0 N–H and O–H groups in total. The predicted octanol–water partition coefficient (Wildman–Crippen LogP) is 7.25. The van der Waals surface area contributed by atoms with Crippen LogP contribution in [0.2, 0.25) is 0 Å². The Bertz CT molecular complexity index is 464. The average Bonchev–Trinajstić information content (AvgIpc) is 2.79. The van der Waals surface area contributed by atoms with Gasteiger partial charge in [0.25, 0.3) is 0 Å². The number of hydrogen-bond donors (Lipinski definition) is 1. The third-order valence-electron chi connectivity index (χ3n) is 5.31. The molecular weight excluding hydrogens is 447 g/mol. The lowest BCUT2D eigenvalue weighted by atomic mass is 10.1. The zero-order valence-corrected chi connectivity index (χ0v) is 21.9. The first-order valence-electron chi connectivity index (χ1n) is 12.5. The largest absolute Gasteiger partial charge is 0.462 e. The molecule has 32 heavy (non-hydrogen) atoms. The van der Waals surface area contributed by atoms with Crippen LogP contribution in [0.15, 0.2) is 0 Å². The van der Waals surface area contributed by atoms with Gasteiger partial charge in [-0.2, -0.15) is 12.6 Å². The van der Waals surface area contributed by atoms with Gasteiger partial charge in [0.05, 0.1) is 0 Å². The highest BCUT2D eigenvalue weighted by molar-refractivity contribution is 7.80. The molecular formula is C24H45O6PS. The first-order chi connectivity index (χ1) is 15.6. The molecule has 0 unspecified atom stereocenters. The summed E-state index contributed by atoms with van der Waals surface area (Å²) < 4.78 is 25.9. The summed E-state index contributed by atoms with van der Waals surface area (Å²) in [6.45, 7) is 2.02. The van der Waals surface area contributed by atoms with Crippen LogP contribution >= 0.6 is 21.3 Å². The highest BCUT2D eigenvalue weighted by Crippen LogP contribution is 2.12. The molecule has 0 aliphatic rings. The minimum Gasteiger partial charge on any atom is -0.462 e. The first kappa shape index (κ1) is 31.4. The lowest BCUT2D eigenvalue weighted by molar-refractivity contribution is -0.160. The van der Waals surface area contributed by atoms with E-state index in [4.69, 9.17) is 14.0 Å². The van der Waals surface area contributed by atoms with E-state index in [2.05, 4.69) is 19.6 Å². The van der Waals surface area contributed by atoms with E-state index in [1.165, 1.54) is 51.4 Å². The van der Waals surface area contributed by atoms with Crippen molar-refractivity contribution in [2.75, 3.05) is 19.0 Å². The molecule has 0 heterocycles. The molecule has 0 rings (SSSR count). The van der Waals surface area contributed by atoms with Gasteiger partial charge in [-0.15, -0.1) is 0 Å². The lowest BCUT2D eigenvalue weighted by Gasteiger charge is -2.16. The van der Waals surface area contributed by atoms with Crippen LogP contribution in [-0.2, 0) is 28.2 Å². The van der Waals surface area contributed by atoms with E-state index < -0.39 is 14.8 Å². The van der Waals surface area contributed by atoms with Crippen LogP contribution in [0.3, 0.4) is 0 Å².